The van der Waals surface area contributed by atoms with Gasteiger partial charge in [0.2, 0.25) is 10.0 Å². The zero-order chi connectivity index (χ0) is 18.4. The second-order valence-electron chi connectivity index (χ2n) is 7.31. The van der Waals surface area contributed by atoms with Crippen LogP contribution in [0.2, 0.25) is 0 Å². The SMILES string of the molecule is Cc1ccc(CS(=O)(=O)N(CCN2CCOCC2)C2CCCNC2)cc1.Cl. The molecule has 0 aliphatic carbocycles. The van der Waals surface area contributed by atoms with Gasteiger partial charge in [-0.25, -0.2) is 8.42 Å². The van der Waals surface area contributed by atoms with Crippen molar-refractivity contribution in [3.8, 4) is 0 Å². The molecule has 2 heterocycles. The molecule has 1 aromatic carbocycles. The van der Waals surface area contributed by atoms with E-state index in [-0.39, 0.29) is 24.2 Å². The normalized spacial score (nSPS) is 21.8. The van der Waals surface area contributed by atoms with Crippen molar-refractivity contribution in [2.24, 2.45) is 0 Å². The van der Waals surface area contributed by atoms with Gasteiger partial charge in [0.05, 0.1) is 19.0 Å². The van der Waals surface area contributed by atoms with Crippen molar-refractivity contribution in [3.05, 3.63) is 35.4 Å². The lowest BCUT2D eigenvalue weighted by Crippen LogP contribution is -2.52. The largest absolute Gasteiger partial charge is 0.379 e. The monoisotopic (exact) mass is 417 g/mol. The molecule has 1 unspecified atom stereocenters. The van der Waals surface area contributed by atoms with Crippen LogP contribution in [0.4, 0.5) is 0 Å². The maximum absolute atomic E-state index is 13.2. The molecule has 1 N–H and O–H groups in total. The number of benzene rings is 1. The standard InChI is InChI=1S/C19H31N3O3S.ClH/c1-17-4-6-18(7-5-17)16-26(23,24)22(19-3-2-8-20-15-19)10-9-21-11-13-25-14-12-21;/h4-7,19-20H,2-3,8-16H2,1H3;1H. The first-order chi connectivity index (χ1) is 12.5. The first-order valence-electron chi connectivity index (χ1n) is 9.60. The summed E-state index contributed by atoms with van der Waals surface area (Å²) in [6.45, 7) is 8.31. The van der Waals surface area contributed by atoms with Crippen LogP contribution in [0.3, 0.4) is 0 Å². The number of sulfonamides is 1. The van der Waals surface area contributed by atoms with E-state index in [0.29, 0.717) is 6.54 Å². The van der Waals surface area contributed by atoms with Gasteiger partial charge in [-0.1, -0.05) is 29.8 Å². The summed E-state index contributed by atoms with van der Waals surface area (Å²) in [7, 11) is -3.35. The fourth-order valence-corrected chi connectivity index (χ4v) is 5.44. The van der Waals surface area contributed by atoms with E-state index in [1.54, 1.807) is 4.31 Å². The van der Waals surface area contributed by atoms with E-state index < -0.39 is 10.0 Å². The van der Waals surface area contributed by atoms with Crippen molar-refractivity contribution in [2.45, 2.75) is 31.6 Å². The molecular weight excluding hydrogens is 386 g/mol. The van der Waals surface area contributed by atoms with Gasteiger partial charge in [0.15, 0.2) is 0 Å². The van der Waals surface area contributed by atoms with Gasteiger partial charge < -0.3 is 10.1 Å². The molecule has 0 amide bonds. The molecule has 0 aromatic heterocycles. The molecule has 1 aromatic rings. The summed E-state index contributed by atoms with van der Waals surface area (Å²) in [6, 6.07) is 7.86. The van der Waals surface area contributed by atoms with Crippen LogP contribution >= 0.6 is 12.4 Å². The predicted octanol–water partition coefficient (Wildman–Crippen LogP) is 1.63. The second kappa shape index (κ2) is 10.7. The van der Waals surface area contributed by atoms with Gasteiger partial charge in [-0.3, -0.25) is 4.90 Å². The lowest BCUT2D eigenvalue weighted by Gasteiger charge is -2.36. The third-order valence-electron chi connectivity index (χ3n) is 5.25. The summed E-state index contributed by atoms with van der Waals surface area (Å²) in [5.74, 6) is 0.0763. The number of piperidine rings is 1. The van der Waals surface area contributed by atoms with E-state index in [1.807, 2.05) is 31.2 Å². The molecule has 6 nitrogen and oxygen atoms in total. The molecule has 27 heavy (non-hydrogen) atoms. The van der Waals surface area contributed by atoms with E-state index in [9.17, 15) is 8.42 Å². The number of morpholine rings is 1. The van der Waals surface area contributed by atoms with Crippen molar-refractivity contribution >= 4 is 22.4 Å². The highest BCUT2D eigenvalue weighted by atomic mass is 35.5. The van der Waals surface area contributed by atoms with Gasteiger partial charge in [-0.2, -0.15) is 4.31 Å². The zero-order valence-corrected chi connectivity index (χ0v) is 17.7. The first kappa shape index (κ1) is 22.6. The number of halogens is 1. The summed E-state index contributed by atoms with van der Waals surface area (Å²) in [5.41, 5.74) is 2.00. The van der Waals surface area contributed by atoms with Gasteiger partial charge in [-0.05, 0) is 31.9 Å². The number of nitrogens with zero attached hydrogens (tertiary/aromatic N) is 2. The molecule has 154 valence electrons. The number of nitrogens with one attached hydrogen (secondary N) is 1. The second-order valence-corrected chi connectivity index (χ2v) is 9.23. The summed E-state index contributed by atoms with van der Waals surface area (Å²) in [5, 5.41) is 3.36. The number of hydrogen-bond donors (Lipinski definition) is 1. The average molecular weight is 418 g/mol. The Morgan fingerprint density at radius 2 is 1.93 bits per heavy atom. The van der Waals surface area contributed by atoms with Crippen molar-refractivity contribution in [1.82, 2.24) is 14.5 Å². The van der Waals surface area contributed by atoms with E-state index >= 15 is 0 Å². The van der Waals surface area contributed by atoms with Crippen LogP contribution in [0.25, 0.3) is 0 Å². The molecule has 2 saturated heterocycles. The van der Waals surface area contributed by atoms with E-state index in [0.717, 1.165) is 69.9 Å². The minimum absolute atomic E-state index is 0. The highest BCUT2D eigenvalue weighted by molar-refractivity contribution is 7.88. The van der Waals surface area contributed by atoms with Gasteiger partial charge in [0.25, 0.3) is 0 Å². The summed E-state index contributed by atoms with van der Waals surface area (Å²) in [6.07, 6.45) is 1.96. The Labute approximate surface area is 169 Å². The highest BCUT2D eigenvalue weighted by Crippen LogP contribution is 2.19. The molecular formula is C19H32ClN3O3S. The Hall–Kier alpha value is -0.700. The molecule has 0 bridgehead atoms. The van der Waals surface area contributed by atoms with E-state index in [1.165, 1.54) is 0 Å². The minimum Gasteiger partial charge on any atom is -0.379 e. The molecule has 2 fully saturated rings. The summed E-state index contributed by atoms with van der Waals surface area (Å²) in [4.78, 5) is 2.30. The number of aryl methyl sites for hydroxylation is 1. The van der Waals surface area contributed by atoms with Crippen LogP contribution in [0, 0.1) is 6.92 Å². The Kier molecular flexibility index (Phi) is 8.98. The molecule has 8 heteroatoms. The molecule has 0 spiro atoms. The fraction of sp³-hybridized carbons (Fsp3) is 0.684. The van der Waals surface area contributed by atoms with Crippen molar-refractivity contribution < 1.29 is 13.2 Å². The molecule has 0 radical (unpaired) electrons. The fourth-order valence-electron chi connectivity index (χ4n) is 3.67. The predicted molar refractivity (Wildman–Crippen MR) is 111 cm³/mol. The van der Waals surface area contributed by atoms with Gasteiger partial charge in [-0.15, -0.1) is 12.4 Å². The Morgan fingerprint density at radius 3 is 2.56 bits per heavy atom. The van der Waals surface area contributed by atoms with Crippen molar-refractivity contribution in [1.29, 1.82) is 0 Å². The van der Waals surface area contributed by atoms with Crippen LogP contribution in [-0.2, 0) is 20.5 Å². The van der Waals surface area contributed by atoms with E-state index in [4.69, 9.17) is 4.74 Å². The number of hydrogen-bond acceptors (Lipinski definition) is 5. The first-order valence-corrected chi connectivity index (χ1v) is 11.2. The van der Waals surface area contributed by atoms with Crippen LogP contribution in [0.1, 0.15) is 24.0 Å². The van der Waals surface area contributed by atoms with Crippen LogP contribution in [0.15, 0.2) is 24.3 Å². The van der Waals surface area contributed by atoms with Crippen LogP contribution in [0.5, 0.6) is 0 Å². The molecule has 3 rings (SSSR count). The molecule has 1 atom stereocenters. The average Bonchev–Trinajstić information content (AvgIpc) is 2.65. The Morgan fingerprint density at radius 1 is 1.22 bits per heavy atom. The Bertz CT molecular complexity index is 657. The van der Waals surface area contributed by atoms with Gasteiger partial charge >= 0.3 is 0 Å². The quantitative estimate of drug-likeness (QED) is 0.730. The smallest absolute Gasteiger partial charge is 0.218 e. The summed E-state index contributed by atoms with van der Waals surface area (Å²) < 4.78 is 33.6. The van der Waals surface area contributed by atoms with Gasteiger partial charge in [0, 0.05) is 38.8 Å². The highest BCUT2D eigenvalue weighted by Gasteiger charge is 2.31. The number of rotatable bonds is 7. The lowest BCUT2D eigenvalue weighted by atomic mass is 10.1. The lowest BCUT2D eigenvalue weighted by molar-refractivity contribution is 0.0349. The summed E-state index contributed by atoms with van der Waals surface area (Å²) >= 11 is 0. The zero-order valence-electron chi connectivity index (χ0n) is 16.1. The Balaban J connectivity index is 0.00000261. The van der Waals surface area contributed by atoms with Crippen LogP contribution < -0.4 is 5.32 Å². The maximum Gasteiger partial charge on any atom is 0.218 e. The number of ether oxygens (including phenoxy) is 1. The third kappa shape index (κ3) is 6.69. The molecule has 2 aliphatic rings. The molecule has 0 saturated carbocycles. The van der Waals surface area contributed by atoms with E-state index in [2.05, 4.69) is 10.2 Å². The third-order valence-corrected chi connectivity index (χ3v) is 7.14. The maximum atomic E-state index is 13.2. The molecule has 2 aliphatic heterocycles. The van der Waals surface area contributed by atoms with Crippen molar-refractivity contribution in [2.75, 3.05) is 52.5 Å². The topological polar surface area (TPSA) is 61.9 Å². The van der Waals surface area contributed by atoms with Crippen LogP contribution in [-0.4, -0.2) is 76.1 Å². The van der Waals surface area contributed by atoms with Gasteiger partial charge in [0.1, 0.15) is 0 Å². The van der Waals surface area contributed by atoms with Crippen molar-refractivity contribution in [3.63, 3.8) is 0 Å². The minimum atomic E-state index is -3.35.